The standard InChI is InChI=1S/C24H29N3O5S/c1-17-16-18(27-20-9-3-4-10-21(20)32-24(27)29)12-15-25(17)13-6-7-14-26-23(28)19-8-2-5-11-22(19)33(26,30)31/h2-5,8-11,17-18,30-31H,6-7,12-16H2,1H3. The van der Waals surface area contributed by atoms with Crippen LogP contribution in [0.15, 0.2) is 62.6 Å². The summed E-state index contributed by atoms with van der Waals surface area (Å²) in [5.74, 6) is -0.602. The zero-order chi connectivity index (χ0) is 23.2. The zero-order valence-corrected chi connectivity index (χ0v) is 19.4. The molecule has 33 heavy (non-hydrogen) atoms. The molecule has 0 bridgehead atoms. The topological polar surface area (TPSA) is 99.2 Å². The van der Waals surface area contributed by atoms with Crippen molar-refractivity contribution in [1.82, 2.24) is 13.8 Å². The molecule has 2 atom stereocenters. The SMILES string of the molecule is CC1CC(n2c(=O)oc3ccccc32)CCN1CCCCN1C(=O)c2ccccc2S1(O)O. The Hall–Kier alpha value is -2.59. The van der Waals surface area contributed by atoms with Gasteiger partial charge in [0.25, 0.3) is 5.91 Å². The van der Waals surface area contributed by atoms with Crippen molar-refractivity contribution >= 4 is 27.8 Å². The molecule has 1 amide bonds. The number of para-hydroxylation sites is 2. The average Bonchev–Trinajstić information content (AvgIpc) is 3.23. The van der Waals surface area contributed by atoms with E-state index in [0.717, 1.165) is 37.9 Å². The van der Waals surface area contributed by atoms with Crippen molar-refractivity contribution < 1.29 is 18.3 Å². The van der Waals surface area contributed by atoms with Crippen molar-refractivity contribution in [3.63, 3.8) is 0 Å². The van der Waals surface area contributed by atoms with Gasteiger partial charge in [0.1, 0.15) is 0 Å². The summed E-state index contributed by atoms with van der Waals surface area (Å²) in [6, 6.07) is 14.7. The van der Waals surface area contributed by atoms with E-state index in [-0.39, 0.29) is 17.7 Å². The van der Waals surface area contributed by atoms with E-state index < -0.39 is 10.8 Å². The highest BCUT2D eigenvalue weighted by molar-refractivity contribution is 8.23. The van der Waals surface area contributed by atoms with Crippen molar-refractivity contribution in [1.29, 1.82) is 0 Å². The molecule has 2 aliphatic rings. The van der Waals surface area contributed by atoms with Crippen LogP contribution in [0.5, 0.6) is 0 Å². The molecule has 1 saturated heterocycles. The van der Waals surface area contributed by atoms with Crippen molar-refractivity contribution in [3.05, 3.63) is 64.6 Å². The maximum absolute atomic E-state index is 12.6. The number of oxazole rings is 1. The molecule has 8 nitrogen and oxygen atoms in total. The Morgan fingerprint density at radius 3 is 2.55 bits per heavy atom. The van der Waals surface area contributed by atoms with Crippen LogP contribution in [0.25, 0.3) is 11.1 Å². The number of hydrogen-bond donors (Lipinski definition) is 2. The molecule has 2 N–H and O–H groups in total. The second kappa shape index (κ2) is 8.64. The van der Waals surface area contributed by atoms with Crippen LogP contribution < -0.4 is 5.76 Å². The average molecular weight is 472 g/mol. The second-order valence-corrected chi connectivity index (χ2v) is 10.8. The number of benzene rings is 2. The van der Waals surface area contributed by atoms with Gasteiger partial charge in [-0.05, 0) is 63.4 Å². The first-order chi connectivity index (χ1) is 15.9. The van der Waals surface area contributed by atoms with E-state index in [4.69, 9.17) is 4.42 Å². The fourth-order valence-corrected chi connectivity index (χ4v) is 6.80. The minimum atomic E-state index is -3.24. The molecule has 176 valence electrons. The summed E-state index contributed by atoms with van der Waals surface area (Å²) in [4.78, 5) is 27.8. The van der Waals surface area contributed by atoms with Gasteiger partial charge in [-0.25, -0.2) is 9.10 Å². The highest BCUT2D eigenvalue weighted by atomic mass is 32.3. The summed E-state index contributed by atoms with van der Waals surface area (Å²) >= 11 is 0. The molecule has 2 unspecified atom stereocenters. The van der Waals surface area contributed by atoms with Gasteiger partial charge < -0.3 is 9.32 Å². The first-order valence-electron chi connectivity index (χ1n) is 11.4. The molecule has 0 radical (unpaired) electrons. The van der Waals surface area contributed by atoms with Crippen LogP contribution in [0.1, 0.15) is 49.0 Å². The first kappa shape index (κ1) is 22.2. The second-order valence-electron chi connectivity index (χ2n) is 8.90. The smallest absolute Gasteiger partial charge is 0.408 e. The predicted molar refractivity (Wildman–Crippen MR) is 128 cm³/mol. The normalized spacial score (nSPS) is 23.7. The van der Waals surface area contributed by atoms with Crippen LogP contribution in [0, 0.1) is 0 Å². The lowest BCUT2D eigenvalue weighted by molar-refractivity contribution is 0.0855. The Labute approximate surface area is 193 Å². The van der Waals surface area contributed by atoms with Crippen LogP contribution in [0.3, 0.4) is 0 Å². The highest BCUT2D eigenvalue weighted by Gasteiger charge is 2.40. The molecule has 0 saturated carbocycles. The number of nitrogens with zero attached hydrogens (tertiary/aromatic N) is 3. The molecule has 1 fully saturated rings. The molecular weight excluding hydrogens is 442 g/mol. The monoisotopic (exact) mass is 471 g/mol. The van der Waals surface area contributed by atoms with Crippen molar-refractivity contribution in [2.24, 2.45) is 0 Å². The fourth-order valence-electron chi connectivity index (χ4n) is 5.14. The number of unbranched alkanes of at least 4 members (excludes halogenated alkanes) is 1. The quantitative estimate of drug-likeness (QED) is 0.511. The van der Waals surface area contributed by atoms with E-state index in [1.807, 2.05) is 24.3 Å². The third kappa shape index (κ3) is 3.89. The van der Waals surface area contributed by atoms with Gasteiger partial charge >= 0.3 is 5.76 Å². The number of likely N-dealkylation sites (tertiary alicyclic amines) is 1. The summed E-state index contributed by atoms with van der Waals surface area (Å²) in [6.07, 6.45) is 3.27. The van der Waals surface area contributed by atoms with Gasteiger partial charge in [0, 0.05) is 25.2 Å². The minimum Gasteiger partial charge on any atom is -0.408 e. The van der Waals surface area contributed by atoms with Gasteiger partial charge in [-0.1, -0.05) is 35.0 Å². The Morgan fingerprint density at radius 1 is 1.03 bits per heavy atom. The van der Waals surface area contributed by atoms with E-state index in [9.17, 15) is 18.7 Å². The summed E-state index contributed by atoms with van der Waals surface area (Å²) in [5, 5.41) is 0. The Bertz CT molecular complexity index is 1240. The number of piperidine rings is 1. The first-order valence-corrected chi connectivity index (χ1v) is 12.9. The number of carbonyl (C=O) groups excluding carboxylic acids is 1. The van der Waals surface area contributed by atoms with E-state index in [0.29, 0.717) is 35.0 Å². The molecule has 5 rings (SSSR count). The van der Waals surface area contributed by atoms with Crippen LogP contribution in [-0.4, -0.2) is 54.5 Å². The minimum absolute atomic E-state index is 0.112. The molecule has 0 aliphatic carbocycles. The molecule has 2 aromatic carbocycles. The Kier molecular flexibility index (Phi) is 5.82. The maximum Gasteiger partial charge on any atom is 0.420 e. The largest absolute Gasteiger partial charge is 0.420 e. The fraction of sp³-hybridized carbons (Fsp3) is 0.417. The van der Waals surface area contributed by atoms with Gasteiger partial charge in [0.2, 0.25) is 0 Å². The van der Waals surface area contributed by atoms with E-state index in [1.54, 1.807) is 28.8 Å². The molecule has 3 heterocycles. The molecule has 1 aromatic heterocycles. The zero-order valence-electron chi connectivity index (χ0n) is 18.6. The number of fused-ring (bicyclic) bond motifs is 2. The summed E-state index contributed by atoms with van der Waals surface area (Å²) < 4.78 is 29.6. The van der Waals surface area contributed by atoms with E-state index in [2.05, 4.69) is 11.8 Å². The predicted octanol–water partition coefficient (Wildman–Crippen LogP) is 4.58. The molecule has 9 heteroatoms. The van der Waals surface area contributed by atoms with E-state index in [1.165, 1.54) is 4.31 Å². The number of rotatable bonds is 6. The maximum atomic E-state index is 12.6. The summed E-state index contributed by atoms with van der Waals surface area (Å²) in [7, 11) is -3.24. The van der Waals surface area contributed by atoms with Gasteiger partial charge in [-0.15, -0.1) is 0 Å². The summed E-state index contributed by atoms with van der Waals surface area (Å²) in [6.45, 7) is 4.23. The van der Waals surface area contributed by atoms with Gasteiger partial charge in [-0.3, -0.25) is 18.5 Å². The van der Waals surface area contributed by atoms with Gasteiger partial charge in [-0.2, -0.15) is 0 Å². The molecular formula is C24H29N3O5S. The lowest BCUT2D eigenvalue weighted by Gasteiger charge is -2.38. The number of carbonyl (C=O) groups is 1. The number of hydrogen-bond acceptors (Lipinski definition) is 6. The third-order valence-electron chi connectivity index (χ3n) is 6.87. The molecule has 2 aliphatic heterocycles. The lowest BCUT2D eigenvalue weighted by atomic mass is 9.97. The molecule has 3 aromatic rings. The van der Waals surface area contributed by atoms with Crippen molar-refractivity contribution in [3.8, 4) is 0 Å². The van der Waals surface area contributed by atoms with Crippen LogP contribution in [-0.2, 0) is 0 Å². The Morgan fingerprint density at radius 2 is 1.76 bits per heavy atom. The van der Waals surface area contributed by atoms with Crippen molar-refractivity contribution in [2.75, 3.05) is 19.6 Å². The number of amides is 1. The van der Waals surface area contributed by atoms with Crippen molar-refractivity contribution in [2.45, 2.75) is 49.6 Å². The third-order valence-corrected chi connectivity index (χ3v) is 8.78. The lowest BCUT2D eigenvalue weighted by Crippen LogP contribution is -2.43. The summed E-state index contributed by atoms with van der Waals surface area (Å²) in [5.41, 5.74) is 1.86. The Balaban J connectivity index is 1.15. The highest BCUT2D eigenvalue weighted by Crippen LogP contribution is 2.58. The van der Waals surface area contributed by atoms with E-state index >= 15 is 0 Å². The van der Waals surface area contributed by atoms with Gasteiger partial charge in [0.15, 0.2) is 5.58 Å². The van der Waals surface area contributed by atoms with Crippen LogP contribution in [0.2, 0.25) is 0 Å². The van der Waals surface area contributed by atoms with Gasteiger partial charge in [0.05, 0.1) is 16.0 Å². The van der Waals surface area contributed by atoms with Crippen LogP contribution in [0.4, 0.5) is 0 Å². The number of aromatic nitrogens is 1. The molecule has 0 spiro atoms. The van der Waals surface area contributed by atoms with Crippen LogP contribution >= 0.6 is 10.8 Å².